The summed E-state index contributed by atoms with van der Waals surface area (Å²) in [5.41, 5.74) is 11.6. The number of aromatic nitrogens is 2. The summed E-state index contributed by atoms with van der Waals surface area (Å²) in [5.74, 6) is -2.57. The van der Waals surface area contributed by atoms with E-state index < -0.39 is 47.2 Å². The van der Waals surface area contributed by atoms with Crippen molar-refractivity contribution in [1.82, 2.24) is 40.0 Å². The minimum absolute atomic E-state index is 0.128. The number of aryl methyl sites for hydroxylation is 1. The molecule has 2 saturated heterocycles. The number of rotatable bonds is 12. The SMILES string of the molecule is C=CC(=O)N1CC[C@H](C(=O)N(C)[C@H](C(=O)N[C@H]2Cc3cccc(c3)-c3ccc4c(c3)c(c(-c3cc(CN(C)C)cnc3[C@H](C)OC)n4CC)CC(C)(C)COC(=O)[C@@H]3CCCN(N3)C2=O)C(C)C)C1. The van der Waals surface area contributed by atoms with Crippen LogP contribution in [0.25, 0.3) is 33.3 Å². The summed E-state index contributed by atoms with van der Waals surface area (Å²) >= 11 is 0. The number of hydrogen-bond donors (Lipinski definition) is 2. The molecule has 2 N–H and O–H groups in total. The minimum atomic E-state index is -1.06. The van der Waals surface area contributed by atoms with Gasteiger partial charge in [-0.1, -0.05) is 64.6 Å². The van der Waals surface area contributed by atoms with Gasteiger partial charge in [0.25, 0.3) is 5.91 Å². The topological polar surface area (TPSA) is 159 Å². The van der Waals surface area contributed by atoms with Crippen molar-refractivity contribution in [1.29, 1.82) is 0 Å². The second kappa shape index (κ2) is 21.4. The fourth-order valence-electron chi connectivity index (χ4n) is 10.4. The van der Waals surface area contributed by atoms with Crippen molar-refractivity contribution in [2.24, 2.45) is 17.3 Å². The maximum atomic E-state index is 14.8. The summed E-state index contributed by atoms with van der Waals surface area (Å²) in [6.07, 6.45) is 5.11. The first-order valence-corrected chi connectivity index (χ1v) is 24.5. The Labute approximate surface area is 407 Å². The largest absolute Gasteiger partial charge is 0.464 e. The summed E-state index contributed by atoms with van der Waals surface area (Å²) in [5, 5.41) is 5.59. The molecule has 0 spiro atoms. The van der Waals surface area contributed by atoms with E-state index in [9.17, 15) is 24.0 Å². The van der Waals surface area contributed by atoms with Crippen LogP contribution < -0.4 is 10.7 Å². The molecule has 3 aliphatic heterocycles. The number of benzene rings is 2. The maximum absolute atomic E-state index is 14.8. The van der Waals surface area contributed by atoms with Crippen molar-refractivity contribution in [3.63, 3.8) is 0 Å². The molecule has 370 valence electrons. The molecule has 3 aliphatic rings. The zero-order valence-corrected chi connectivity index (χ0v) is 42.3. The van der Waals surface area contributed by atoms with E-state index in [2.05, 4.69) is 84.0 Å². The van der Waals surface area contributed by atoms with Gasteiger partial charge in [-0.15, -0.1) is 0 Å². The van der Waals surface area contributed by atoms with Crippen LogP contribution in [0.2, 0.25) is 0 Å². The number of fused-ring (bicyclic) bond motifs is 6. The normalized spacial score (nSPS) is 20.7. The molecule has 15 heteroatoms. The number of hydrazine groups is 1. The van der Waals surface area contributed by atoms with Crippen LogP contribution in [0.4, 0.5) is 0 Å². The lowest BCUT2D eigenvalue weighted by atomic mass is 9.84. The lowest BCUT2D eigenvalue weighted by molar-refractivity contribution is -0.155. The first-order valence-electron chi connectivity index (χ1n) is 24.5. The molecular weight excluding hydrogens is 873 g/mol. The molecule has 2 aromatic carbocycles. The van der Waals surface area contributed by atoms with Gasteiger partial charge in [0.2, 0.25) is 17.7 Å². The third kappa shape index (κ3) is 11.1. The number of likely N-dealkylation sites (tertiary alicyclic amines) is 1. The number of cyclic esters (lactones) is 1. The predicted molar refractivity (Wildman–Crippen MR) is 267 cm³/mol. The number of carbonyl (C=O) groups is 5. The molecule has 5 heterocycles. The van der Waals surface area contributed by atoms with Gasteiger partial charge in [-0.3, -0.25) is 34.0 Å². The van der Waals surface area contributed by atoms with Gasteiger partial charge in [-0.2, -0.15) is 0 Å². The number of ether oxygens (including phenoxy) is 2. The number of carbonyl (C=O) groups excluding carboxylic acids is 5. The number of pyridine rings is 1. The van der Waals surface area contributed by atoms with Crippen molar-refractivity contribution in [3.8, 4) is 22.4 Å². The van der Waals surface area contributed by atoms with Crippen molar-refractivity contribution >= 4 is 40.5 Å². The summed E-state index contributed by atoms with van der Waals surface area (Å²) in [4.78, 5) is 79.9. The summed E-state index contributed by atoms with van der Waals surface area (Å²) in [6.45, 7) is 18.3. The van der Waals surface area contributed by atoms with Crippen LogP contribution in [-0.2, 0) is 59.4 Å². The average molecular weight is 945 g/mol. The quantitative estimate of drug-likeness (QED) is 0.122. The van der Waals surface area contributed by atoms with E-state index in [0.29, 0.717) is 51.9 Å². The molecule has 4 amide bonds. The molecule has 2 aromatic heterocycles. The highest BCUT2D eigenvalue weighted by Crippen LogP contribution is 2.42. The van der Waals surface area contributed by atoms with Gasteiger partial charge in [0.15, 0.2) is 0 Å². The van der Waals surface area contributed by atoms with Crippen LogP contribution in [0.3, 0.4) is 0 Å². The van der Waals surface area contributed by atoms with Crippen LogP contribution in [0.15, 0.2) is 67.4 Å². The van der Waals surface area contributed by atoms with E-state index in [1.165, 1.54) is 16.0 Å². The molecule has 0 radical (unpaired) electrons. The Bertz CT molecular complexity index is 2580. The van der Waals surface area contributed by atoms with Crippen molar-refractivity contribution in [2.75, 3.05) is 54.5 Å². The van der Waals surface area contributed by atoms with Gasteiger partial charge in [0.1, 0.15) is 18.1 Å². The molecular formula is C54H72N8O7. The zero-order chi connectivity index (χ0) is 49.9. The van der Waals surface area contributed by atoms with E-state index in [-0.39, 0.29) is 43.4 Å². The second-order valence-electron chi connectivity index (χ2n) is 20.5. The molecule has 7 rings (SSSR count). The Morgan fingerprint density at radius 1 is 1.04 bits per heavy atom. The van der Waals surface area contributed by atoms with E-state index >= 15 is 0 Å². The van der Waals surface area contributed by atoms with Crippen molar-refractivity contribution in [2.45, 2.75) is 111 Å². The third-order valence-corrected chi connectivity index (χ3v) is 14.0. The number of nitrogens with one attached hydrogen (secondary N) is 2. The second-order valence-corrected chi connectivity index (χ2v) is 20.5. The molecule has 4 aromatic rings. The van der Waals surface area contributed by atoms with Gasteiger partial charge in [0.05, 0.1) is 30.0 Å². The first kappa shape index (κ1) is 51.0. The van der Waals surface area contributed by atoms with Crippen LogP contribution in [0, 0.1) is 17.3 Å². The smallest absolute Gasteiger partial charge is 0.324 e. The Hall–Kier alpha value is -5.90. The van der Waals surface area contributed by atoms with Gasteiger partial charge in [-0.25, -0.2) is 5.43 Å². The maximum Gasteiger partial charge on any atom is 0.324 e. The fourth-order valence-corrected chi connectivity index (χ4v) is 10.4. The Balaban J connectivity index is 1.31. The molecule has 6 bridgehead atoms. The van der Waals surface area contributed by atoms with Gasteiger partial charge < -0.3 is 34.1 Å². The van der Waals surface area contributed by atoms with Crippen LogP contribution in [0.1, 0.15) is 89.3 Å². The molecule has 0 aliphatic carbocycles. The Morgan fingerprint density at radius 3 is 2.49 bits per heavy atom. The Morgan fingerprint density at radius 2 is 1.80 bits per heavy atom. The van der Waals surface area contributed by atoms with E-state index in [1.807, 2.05) is 53.2 Å². The lowest BCUT2D eigenvalue weighted by Crippen LogP contribution is -2.62. The average Bonchev–Trinajstić information content (AvgIpc) is 3.94. The van der Waals surface area contributed by atoms with Crippen molar-refractivity contribution < 1.29 is 33.4 Å². The molecule has 2 fully saturated rings. The van der Waals surface area contributed by atoms with Crippen molar-refractivity contribution in [3.05, 3.63) is 89.8 Å². The predicted octanol–water partition coefficient (Wildman–Crippen LogP) is 6.33. The third-order valence-electron chi connectivity index (χ3n) is 14.0. The monoisotopic (exact) mass is 945 g/mol. The Kier molecular flexibility index (Phi) is 15.8. The lowest BCUT2D eigenvalue weighted by Gasteiger charge is -2.37. The molecule has 5 atom stereocenters. The van der Waals surface area contributed by atoms with Gasteiger partial charge in [0, 0.05) is 81.4 Å². The fraction of sp³-hybridized carbons (Fsp3) is 0.519. The summed E-state index contributed by atoms with van der Waals surface area (Å²) < 4.78 is 14.5. The number of amides is 4. The number of likely N-dealkylation sites (N-methyl/N-ethyl adjacent to an activating group) is 1. The van der Waals surface area contributed by atoms with Gasteiger partial charge in [-0.05, 0) is 112 Å². The van der Waals surface area contributed by atoms with Gasteiger partial charge >= 0.3 is 5.97 Å². The van der Waals surface area contributed by atoms with E-state index in [4.69, 9.17) is 14.5 Å². The highest BCUT2D eigenvalue weighted by atomic mass is 16.5. The molecule has 69 heavy (non-hydrogen) atoms. The number of nitrogens with zero attached hydrogens (tertiary/aromatic N) is 6. The zero-order valence-electron chi connectivity index (χ0n) is 42.3. The minimum Gasteiger partial charge on any atom is -0.464 e. The van der Waals surface area contributed by atoms with Crippen LogP contribution in [0.5, 0.6) is 0 Å². The highest BCUT2D eigenvalue weighted by Gasteiger charge is 2.40. The van der Waals surface area contributed by atoms with E-state index in [0.717, 1.165) is 55.7 Å². The number of esters is 1. The summed E-state index contributed by atoms with van der Waals surface area (Å²) in [7, 11) is 7.41. The van der Waals surface area contributed by atoms with Crippen LogP contribution >= 0.6 is 0 Å². The number of methoxy groups -OCH3 is 1. The van der Waals surface area contributed by atoms with E-state index in [1.54, 1.807) is 19.1 Å². The first-order chi connectivity index (χ1) is 32.8. The molecule has 0 unspecified atom stereocenters. The highest BCUT2D eigenvalue weighted by molar-refractivity contribution is 5.96. The standard InChI is InChI=1S/C54H72N8O7/c1-12-46(63)60-23-21-39(31-60)51(65)59(10)48(33(3)4)50(64)56-44-26-35-16-14-17-37(24-35)38-19-20-45-40(27-38)42(28-54(6,7)32-69-53(67)43-18-15-22-62(57-43)52(44)66)49(61(45)13-2)41-25-36(30-58(8)9)29-55-47(41)34(5)68-11/h12,14,16-17,19-20,24-25,27,29,33-34,39,43-44,48,57H,1,13,15,18,21-23,26,28,30-32H2,2-11H3,(H,56,64)/t34-,39-,43-,44-,48-/m0/s1. The summed E-state index contributed by atoms with van der Waals surface area (Å²) in [6, 6.07) is 14.1. The number of hydrogen-bond acceptors (Lipinski definition) is 10. The van der Waals surface area contributed by atoms with Crippen LogP contribution in [-0.4, -0.2) is 131 Å². The molecule has 0 saturated carbocycles. The molecule has 15 nitrogen and oxygen atoms in total.